The van der Waals surface area contributed by atoms with E-state index in [2.05, 4.69) is 19.9 Å². The van der Waals surface area contributed by atoms with Crippen molar-refractivity contribution in [2.75, 3.05) is 91.0 Å². The number of benzene rings is 2. The Bertz CT molecular complexity index is 2060. The van der Waals surface area contributed by atoms with Gasteiger partial charge < -0.3 is 34.6 Å². The average Bonchev–Trinajstić information content (AvgIpc) is 3.69. The first kappa shape index (κ1) is 46.3. The van der Waals surface area contributed by atoms with Crippen LogP contribution in [0, 0.1) is 11.8 Å². The molecule has 0 radical (unpaired) electrons. The number of ether oxygens (including phenoxy) is 3. The molecule has 4 aliphatic rings. The fraction of sp³-hybridized carbons (Fsp3) is 0.614. The molecule has 0 saturated carbocycles. The molecule has 1 unspecified atom stereocenters. The van der Waals surface area contributed by atoms with Crippen LogP contribution in [0.5, 0.6) is 0 Å². The van der Waals surface area contributed by atoms with Gasteiger partial charge in [0.2, 0.25) is 0 Å². The van der Waals surface area contributed by atoms with Crippen LogP contribution in [0.15, 0.2) is 47.3 Å². The summed E-state index contributed by atoms with van der Waals surface area (Å²) in [6.07, 6.45) is -1.94. The number of carbonyl (C=O) groups is 3. The largest absolute Gasteiger partial charge is 0.466 e. The number of carbonyl (C=O) groups excluding carboxylic acids is 3. The lowest BCUT2D eigenvalue weighted by Gasteiger charge is -2.41. The monoisotopic (exact) mass is 902 g/mol. The van der Waals surface area contributed by atoms with E-state index in [1.807, 2.05) is 30.3 Å². The predicted octanol–water partition coefficient (Wildman–Crippen LogP) is 5.48. The summed E-state index contributed by atoms with van der Waals surface area (Å²) in [5.74, 6) is 0.614. The third kappa shape index (κ3) is 12.3. The zero-order valence-electron chi connectivity index (χ0n) is 35.5. The summed E-state index contributed by atoms with van der Waals surface area (Å²) in [5, 5.41) is 4.18. The molecule has 2 aromatic carbocycles. The van der Waals surface area contributed by atoms with Crippen molar-refractivity contribution in [3.05, 3.63) is 69.1 Å². The first-order chi connectivity index (χ1) is 30.3. The van der Waals surface area contributed by atoms with Crippen LogP contribution >= 0.6 is 11.6 Å². The first-order valence-electron chi connectivity index (χ1n) is 22.1. The van der Waals surface area contributed by atoms with Crippen molar-refractivity contribution in [2.45, 2.75) is 76.1 Å². The summed E-state index contributed by atoms with van der Waals surface area (Å²) in [6, 6.07) is 11.1. The maximum absolute atomic E-state index is 14.2. The van der Waals surface area contributed by atoms with Crippen molar-refractivity contribution in [1.29, 1.82) is 0 Å². The number of halogens is 4. The van der Waals surface area contributed by atoms with Crippen LogP contribution in [0.2, 0.25) is 5.02 Å². The van der Waals surface area contributed by atoms with Gasteiger partial charge in [0, 0.05) is 64.3 Å². The molecule has 63 heavy (non-hydrogen) atoms. The summed E-state index contributed by atoms with van der Waals surface area (Å²) in [5.41, 5.74) is 4.39. The van der Waals surface area contributed by atoms with E-state index in [-0.39, 0.29) is 47.8 Å². The number of nitrogens with zero attached hydrogens (tertiary/aromatic N) is 6. The SMILES string of the molecule is Nc1c(Cl)cc(CC(OC(=O)N2CCC(n3nc(-c4ccccc4)[nH]c3=O)CC2)C(=O)N2CCC(C3CCN(CCC(=O)OCCCN4CCOCC4)CC3)CC2)cc1C(F)(F)F. The molecular weight excluding hydrogens is 845 g/mol. The number of alkyl halides is 3. The van der Waals surface area contributed by atoms with Gasteiger partial charge in [-0.25, -0.2) is 14.3 Å². The van der Waals surface area contributed by atoms with Gasteiger partial charge in [-0.15, -0.1) is 5.10 Å². The summed E-state index contributed by atoms with van der Waals surface area (Å²) >= 11 is 6.16. The van der Waals surface area contributed by atoms with Crippen LogP contribution in [-0.2, 0) is 36.4 Å². The van der Waals surface area contributed by atoms with E-state index in [9.17, 15) is 32.3 Å². The molecule has 344 valence electrons. The van der Waals surface area contributed by atoms with Gasteiger partial charge in [-0.3, -0.25) is 19.5 Å². The Morgan fingerprint density at radius 2 is 1.51 bits per heavy atom. The van der Waals surface area contributed by atoms with E-state index in [4.69, 9.17) is 31.5 Å². The van der Waals surface area contributed by atoms with Gasteiger partial charge in [0.25, 0.3) is 5.91 Å². The van der Waals surface area contributed by atoms with Gasteiger partial charge in [-0.2, -0.15) is 13.2 Å². The number of H-pyrrole nitrogens is 1. The molecule has 7 rings (SSSR count). The van der Waals surface area contributed by atoms with Crippen LogP contribution < -0.4 is 11.4 Å². The fourth-order valence-corrected chi connectivity index (χ4v) is 9.52. The number of hydrogen-bond donors (Lipinski definition) is 2. The standard InChI is InChI=1S/C44H58ClF3N8O7/c45-36-28-30(27-35(39(36)49)44(46,47)48)29-37(63-43(60)55-20-11-34(12-21-55)56-42(59)50-40(51-56)33-5-2-1-3-6-33)41(58)54-18-9-32(10-19-54)31-7-15-53(16-8-31)17-13-38(57)62-24-4-14-52-22-25-61-26-23-52/h1-3,5-6,27-28,31-32,34,37H,4,7-26,29,49H2,(H,50,51,59). The van der Waals surface area contributed by atoms with E-state index < -0.39 is 35.5 Å². The third-order valence-electron chi connectivity index (χ3n) is 13.0. The summed E-state index contributed by atoms with van der Waals surface area (Å²) < 4.78 is 60.0. The highest BCUT2D eigenvalue weighted by molar-refractivity contribution is 6.33. The van der Waals surface area contributed by atoms with E-state index in [0.717, 1.165) is 89.7 Å². The van der Waals surface area contributed by atoms with Crippen molar-refractivity contribution in [3.63, 3.8) is 0 Å². The molecule has 0 aliphatic carbocycles. The first-order valence-corrected chi connectivity index (χ1v) is 22.5. The number of esters is 1. The summed E-state index contributed by atoms with van der Waals surface area (Å²) in [7, 11) is 0. The van der Waals surface area contributed by atoms with Crippen LogP contribution in [0.25, 0.3) is 11.4 Å². The number of rotatable bonds is 14. The minimum Gasteiger partial charge on any atom is -0.466 e. The Hall–Kier alpha value is -4.65. The van der Waals surface area contributed by atoms with Crippen LogP contribution in [0.4, 0.5) is 23.7 Å². The molecule has 1 aromatic heterocycles. The van der Waals surface area contributed by atoms with Crippen molar-refractivity contribution >= 4 is 35.3 Å². The lowest BCUT2D eigenvalue weighted by molar-refractivity contribution is -0.144. The Balaban J connectivity index is 0.908. The molecule has 5 heterocycles. The molecule has 3 N–H and O–H groups in total. The maximum Gasteiger partial charge on any atom is 0.418 e. The molecule has 3 aromatic rings. The third-order valence-corrected chi connectivity index (χ3v) is 13.3. The molecule has 19 heteroatoms. The smallest absolute Gasteiger partial charge is 0.418 e. The second kappa shape index (κ2) is 21.4. The topological polar surface area (TPSA) is 169 Å². The zero-order valence-corrected chi connectivity index (χ0v) is 36.3. The minimum atomic E-state index is -4.80. The van der Waals surface area contributed by atoms with Crippen molar-refractivity contribution < 1.29 is 41.8 Å². The maximum atomic E-state index is 14.2. The second-order valence-electron chi connectivity index (χ2n) is 17.0. The number of aromatic nitrogens is 3. The lowest BCUT2D eigenvalue weighted by Crippen LogP contribution is -2.49. The Kier molecular flexibility index (Phi) is 15.7. The molecule has 4 saturated heterocycles. The fourth-order valence-electron chi connectivity index (χ4n) is 9.28. The van der Waals surface area contributed by atoms with Crippen LogP contribution in [0.3, 0.4) is 0 Å². The molecule has 4 fully saturated rings. The van der Waals surface area contributed by atoms with Crippen LogP contribution in [0.1, 0.15) is 68.5 Å². The average molecular weight is 903 g/mol. The normalized spacial score (nSPS) is 19.6. The van der Waals surface area contributed by atoms with Gasteiger partial charge in [0.05, 0.1) is 48.6 Å². The number of morpholine rings is 1. The predicted molar refractivity (Wildman–Crippen MR) is 229 cm³/mol. The lowest BCUT2D eigenvalue weighted by atomic mass is 9.78. The van der Waals surface area contributed by atoms with Crippen molar-refractivity contribution in [3.8, 4) is 11.4 Å². The molecule has 0 spiro atoms. The van der Waals surface area contributed by atoms with E-state index in [1.165, 1.54) is 15.6 Å². The Morgan fingerprint density at radius 1 is 0.873 bits per heavy atom. The number of amides is 2. The van der Waals surface area contributed by atoms with Gasteiger partial charge in [0.1, 0.15) is 0 Å². The highest BCUT2D eigenvalue weighted by Gasteiger charge is 2.38. The molecule has 0 bridgehead atoms. The zero-order chi connectivity index (χ0) is 44.5. The highest BCUT2D eigenvalue weighted by atomic mass is 35.5. The molecule has 4 aliphatic heterocycles. The van der Waals surface area contributed by atoms with E-state index in [1.54, 1.807) is 4.90 Å². The van der Waals surface area contributed by atoms with Crippen molar-refractivity contribution in [2.24, 2.45) is 11.8 Å². The van der Waals surface area contributed by atoms with Gasteiger partial charge in [-0.05, 0) is 87.6 Å². The Morgan fingerprint density at radius 3 is 2.17 bits per heavy atom. The van der Waals surface area contributed by atoms with E-state index >= 15 is 0 Å². The van der Waals surface area contributed by atoms with Gasteiger partial charge in [-0.1, -0.05) is 41.9 Å². The molecule has 1 atom stereocenters. The van der Waals surface area contributed by atoms with Gasteiger partial charge >= 0.3 is 23.9 Å². The van der Waals surface area contributed by atoms with E-state index in [0.29, 0.717) is 63.2 Å². The van der Waals surface area contributed by atoms with Crippen LogP contribution in [-0.4, -0.2) is 144 Å². The van der Waals surface area contributed by atoms with Crippen molar-refractivity contribution in [1.82, 2.24) is 34.4 Å². The minimum absolute atomic E-state index is 0.0530. The summed E-state index contributed by atoms with van der Waals surface area (Å²) in [4.78, 5) is 63.6. The number of likely N-dealkylation sites (tertiary alicyclic amines) is 3. The quantitative estimate of drug-likeness (QED) is 0.119. The number of nitrogen functional groups attached to an aromatic ring is 1. The number of nitrogens with one attached hydrogen (secondary N) is 1. The number of aromatic amines is 1. The number of anilines is 1. The van der Waals surface area contributed by atoms with Gasteiger partial charge in [0.15, 0.2) is 11.9 Å². The highest BCUT2D eigenvalue weighted by Crippen LogP contribution is 2.39. The molecule has 15 nitrogen and oxygen atoms in total. The second-order valence-corrected chi connectivity index (χ2v) is 17.4. The molecule has 2 amide bonds. The number of piperidine rings is 3. The number of nitrogens with two attached hydrogens (primary N) is 1. The number of hydrogen-bond acceptors (Lipinski definition) is 11. The Labute approximate surface area is 369 Å². The summed E-state index contributed by atoms with van der Waals surface area (Å²) in [6.45, 7) is 8.29. The molecular formula is C44H58ClF3N8O7.